The third-order valence-corrected chi connectivity index (χ3v) is 3.46. The molecular weight excluding hydrogens is 228 g/mol. The molecule has 1 nitrogen and oxygen atoms in total. The standard InChI is InChI=1S/C15H20OS/c1-5-12(2)6-7-13(3)17-15-10-8-14(16-4)9-11-15/h6-11H,5H2,1-4H3/b12-6-,13-7+. The predicted octanol–water partition coefficient (Wildman–Crippen LogP) is 5.05. The van der Waals surface area contributed by atoms with Crippen LogP contribution in [0.5, 0.6) is 5.75 Å². The Morgan fingerprint density at radius 2 is 1.82 bits per heavy atom. The molecule has 2 heteroatoms. The van der Waals surface area contributed by atoms with Gasteiger partial charge in [0.1, 0.15) is 5.75 Å². The summed E-state index contributed by atoms with van der Waals surface area (Å²) in [4.78, 5) is 2.53. The van der Waals surface area contributed by atoms with E-state index in [1.807, 2.05) is 12.1 Å². The Kier molecular flexibility index (Phi) is 5.92. The summed E-state index contributed by atoms with van der Waals surface area (Å²) in [6.45, 7) is 6.46. The number of thioether (sulfide) groups is 1. The molecule has 1 aromatic rings. The first kappa shape index (κ1) is 13.9. The summed E-state index contributed by atoms with van der Waals surface area (Å²) in [5.74, 6) is 0.901. The zero-order valence-corrected chi connectivity index (χ0v) is 11.8. The second kappa shape index (κ2) is 7.23. The molecule has 92 valence electrons. The van der Waals surface area contributed by atoms with Gasteiger partial charge in [0.2, 0.25) is 0 Å². The quantitative estimate of drug-likeness (QED) is 0.533. The summed E-state index contributed by atoms with van der Waals surface area (Å²) in [5, 5.41) is 0. The minimum absolute atomic E-state index is 0.901. The highest BCUT2D eigenvalue weighted by Gasteiger charge is 1.96. The van der Waals surface area contributed by atoms with Crippen molar-refractivity contribution in [3.05, 3.63) is 46.9 Å². The van der Waals surface area contributed by atoms with Crippen LogP contribution >= 0.6 is 11.8 Å². The monoisotopic (exact) mass is 248 g/mol. The molecule has 0 aliphatic heterocycles. The topological polar surface area (TPSA) is 9.23 Å². The Balaban J connectivity index is 2.64. The molecule has 0 fully saturated rings. The first-order valence-electron chi connectivity index (χ1n) is 5.81. The molecule has 17 heavy (non-hydrogen) atoms. The molecule has 1 rings (SSSR count). The second-order valence-electron chi connectivity index (χ2n) is 3.92. The third kappa shape index (κ3) is 5.14. The predicted molar refractivity (Wildman–Crippen MR) is 76.7 cm³/mol. The molecule has 0 radical (unpaired) electrons. The molecular formula is C15H20OS. The average Bonchev–Trinajstić information content (AvgIpc) is 2.36. The lowest BCUT2D eigenvalue weighted by molar-refractivity contribution is 0.414. The molecule has 0 spiro atoms. The number of methoxy groups -OCH3 is 1. The summed E-state index contributed by atoms with van der Waals surface area (Å²) >= 11 is 1.78. The summed E-state index contributed by atoms with van der Waals surface area (Å²) in [6, 6.07) is 8.14. The van der Waals surface area contributed by atoms with Gasteiger partial charge in [0.05, 0.1) is 7.11 Å². The van der Waals surface area contributed by atoms with Crippen LogP contribution in [0.4, 0.5) is 0 Å². The zero-order valence-electron chi connectivity index (χ0n) is 11.0. The van der Waals surface area contributed by atoms with Crippen LogP contribution in [0.2, 0.25) is 0 Å². The number of hydrogen-bond acceptors (Lipinski definition) is 2. The lowest BCUT2D eigenvalue weighted by Gasteiger charge is -2.03. The molecule has 0 aliphatic rings. The van der Waals surface area contributed by atoms with E-state index in [0.717, 1.165) is 12.2 Å². The molecule has 0 saturated heterocycles. The Labute approximate surface area is 109 Å². The van der Waals surface area contributed by atoms with Gasteiger partial charge >= 0.3 is 0 Å². The summed E-state index contributed by atoms with van der Waals surface area (Å²) in [7, 11) is 1.69. The van der Waals surface area contributed by atoms with Crippen molar-refractivity contribution < 1.29 is 4.74 Å². The minimum atomic E-state index is 0.901. The van der Waals surface area contributed by atoms with Crippen molar-refractivity contribution in [3.63, 3.8) is 0 Å². The number of benzene rings is 1. The van der Waals surface area contributed by atoms with E-state index in [1.165, 1.54) is 15.4 Å². The fourth-order valence-electron chi connectivity index (χ4n) is 1.24. The Hall–Kier alpha value is -1.15. The van der Waals surface area contributed by atoms with E-state index >= 15 is 0 Å². The maximum atomic E-state index is 5.13. The van der Waals surface area contributed by atoms with Gasteiger partial charge in [-0.3, -0.25) is 0 Å². The van der Waals surface area contributed by atoms with Crippen LogP contribution < -0.4 is 4.74 Å². The van der Waals surface area contributed by atoms with E-state index in [9.17, 15) is 0 Å². The molecule has 0 atom stereocenters. The smallest absolute Gasteiger partial charge is 0.118 e. The van der Waals surface area contributed by atoms with Gasteiger partial charge < -0.3 is 4.74 Å². The Bertz CT molecular complexity index is 401. The molecule has 0 heterocycles. The number of rotatable bonds is 5. The van der Waals surface area contributed by atoms with Crippen molar-refractivity contribution >= 4 is 11.8 Å². The minimum Gasteiger partial charge on any atom is -0.497 e. The van der Waals surface area contributed by atoms with Gasteiger partial charge in [-0.1, -0.05) is 36.4 Å². The van der Waals surface area contributed by atoms with Gasteiger partial charge in [0, 0.05) is 4.90 Å². The van der Waals surface area contributed by atoms with Crippen LogP contribution in [0.3, 0.4) is 0 Å². The first-order chi connectivity index (χ1) is 8.15. The highest BCUT2D eigenvalue weighted by atomic mass is 32.2. The Morgan fingerprint density at radius 3 is 2.35 bits per heavy atom. The molecule has 0 amide bonds. The maximum absolute atomic E-state index is 5.13. The summed E-state index contributed by atoms with van der Waals surface area (Å²) in [6.07, 6.45) is 5.47. The molecule has 0 unspecified atom stereocenters. The maximum Gasteiger partial charge on any atom is 0.118 e. The van der Waals surface area contributed by atoms with Crippen molar-refractivity contribution in [1.82, 2.24) is 0 Å². The molecule has 0 N–H and O–H groups in total. The van der Waals surface area contributed by atoms with E-state index in [1.54, 1.807) is 18.9 Å². The molecule has 0 aliphatic carbocycles. The largest absolute Gasteiger partial charge is 0.497 e. The van der Waals surface area contributed by atoms with Crippen molar-refractivity contribution in [2.75, 3.05) is 7.11 Å². The zero-order chi connectivity index (χ0) is 12.7. The van der Waals surface area contributed by atoms with Gasteiger partial charge in [-0.15, -0.1) is 0 Å². The van der Waals surface area contributed by atoms with E-state index in [2.05, 4.69) is 45.1 Å². The van der Waals surface area contributed by atoms with Gasteiger partial charge in [-0.05, 0) is 49.4 Å². The lowest BCUT2D eigenvalue weighted by atomic mass is 10.2. The van der Waals surface area contributed by atoms with Gasteiger partial charge in [0.15, 0.2) is 0 Å². The van der Waals surface area contributed by atoms with Crippen LogP contribution in [-0.2, 0) is 0 Å². The third-order valence-electron chi connectivity index (χ3n) is 2.50. The van der Waals surface area contributed by atoms with Gasteiger partial charge in [-0.25, -0.2) is 0 Å². The van der Waals surface area contributed by atoms with Gasteiger partial charge in [0.25, 0.3) is 0 Å². The van der Waals surface area contributed by atoms with Crippen LogP contribution in [0.15, 0.2) is 51.8 Å². The van der Waals surface area contributed by atoms with E-state index in [-0.39, 0.29) is 0 Å². The second-order valence-corrected chi connectivity index (χ2v) is 5.24. The fraction of sp³-hybridized carbons (Fsp3) is 0.333. The van der Waals surface area contributed by atoms with Crippen molar-refractivity contribution in [1.29, 1.82) is 0 Å². The number of allylic oxidation sites excluding steroid dienone is 4. The van der Waals surface area contributed by atoms with Crippen LogP contribution in [0.1, 0.15) is 27.2 Å². The van der Waals surface area contributed by atoms with Gasteiger partial charge in [-0.2, -0.15) is 0 Å². The van der Waals surface area contributed by atoms with E-state index < -0.39 is 0 Å². The molecule has 1 aromatic carbocycles. The lowest BCUT2D eigenvalue weighted by Crippen LogP contribution is -1.81. The molecule has 0 aromatic heterocycles. The molecule has 0 saturated carbocycles. The first-order valence-corrected chi connectivity index (χ1v) is 6.63. The van der Waals surface area contributed by atoms with Crippen LogP contribution in [0, 0.1) is 0 Å². The average molecular weight is 248 g/mol. The van der Waals surface area contributed by atoms with Crippen molar-refractivity contribution in [3.8, 4) is 5.75 Å². The highest BCUT2D eigenvalue weighted by molar-refractivity contribution is 8.03. The fourth-order valence-corrected chi connectivity index (χ4v) is 2.02. The van der Waals surface area contributed by atoms with Crippen LogP contribution in [-0.4, -0.2) is 7.11 Å². The van der Waals surface area contributed by atoms with Crippen molar-refractivity contribution in [2.45, 2.75) is 32.1 Å². The molecule has 0 bridgehead atoms. The highest BCUT2D eigenvalue weighted by Crippen LogP contribution is 2.27. The Morgan fingerprint density at radius 1 is 1.18 bits per heavy atom. The van der Waals surface area contributed by atoms with Crippen molar-refractivity contribution in [2.24, 2.45) is 0 Å². The summed E-state index contributed by atoms with van der Waals surface area (Å²) < 4.78 is 5.13. The van der Waals surface area contributed by atoms with Crippen LogP contribution in [0.25, 0.3) is 0 Å². The summed E-state index contributed by atoms with van der Waals surface area (Å²) in [5.41, 5.74) is 1.40. The number of ether oxygens (including phenoxy) is 1. The normalized spacial score (nSPS) is 12.7. The number of hydrogen-bond donors (Lipinski definition) is 0. The SMILES string of the molecule is CC/C(C)=C\C=C(/C)Sc1ccc(OC)cc1. The van der Waals surface area contributed by atoms with E-state index in [0.29, 0.717) is 0 Å². The van der Waals surface area contributed by atoms with E-state index in [4.69, 9.17) is 4.74 Å².